The minimum atomic E-state index is 0.202. The molecule has 0 saturated heterocycles. The zero-order chi connectivity index (χ0) is 12.7. The van der Waals surface area contributed by atoms with Gasteiger partial charge in [0.2, 0.25) is 0 Å². The lowest BCUT2D eigenvalue weighted by Gasteiger charge is -2.21. The molecule has 0 aliphatic heterocycles. The maximum absolute atomic E-state index is 5.76. The quantitative estimate of drug-likeness (QED) is 0.771. The van der Waals surface area contributed by atoms with E-state index in [1.165, 1.54) is 0 Å². The zero-order valence-electron chi connectivity index (χ0n) is 11.4. The highest BCUT2D eigenvalue weighted by Crippen LogP contribution is 2.11. The molecule has 96 valence electrons. The molecule has 0 aliphatic rings. The molecule has 1 rings (SSSR count). The normalized spacial score (nSPS) is 13.4. The van der Waals surface area contributed by atoms with Gasteiger partial charge in [-0.15, -0.1) is 0 Å². The van der Waals surface area contributed by atoms with Crippen LogP contribution in [0.4, 0.5) is 0 Å². The van der Waals surface area contributed by atoms with Crippen molar-refractivity contribution in [3.63, 3.8) is 0 Å². The third-order valence-corrected chi connectivity index (χ3v) is 2.41. The molecular weight excluding hydrogens is 212 g/mol. The number of nitrogens with one attached hydrogen (secondary N) is 1. The Bertz CT molecular complexity index is 306. The van der Waals surface area contributed by atoms with Crippen molar-refractivity contribution in [2.75, 3.05) is 6.54 Å². The van der Waals surface area contributed by atoms with Crippen LogP contribution in [0.5, 0.6) is 5.75 Å². The molecule has 0 fully saturated rings. The fourth-order valence-electron chi connectivity index (χ4n) is 1.56. The van der Waals surface area contributed by atoms with E-state index in [4.69, 9.17) is 4.74 Å². The van der Waals surface area contributed by atoms with Crippen LogP contribution in [0, 0.1) is 0 Å². The fourth-order valence-corrected chi connectivity index (χ4v) is 1.56. The van der Waals surface area contributed by atoms with Gasteiger partial charge in [0.25, 0.3) is 0 Å². The third-order valence-electron chi connectivity index (χ3n) is 2.41. The molecule has 0 aliphatic carbocycles. The molecule has 17 heavy (non-hydrogen) atoms. The average Bonchev–Trinajstić information content (AvgIpc) is 2.25. The summed E-state index contributed by atoms with van der Waals surface area (Å²) in [6, 6.07) is 3.83. The van der Waals surface area contributed by atoms with Crippen molar-refractivity contribution >= 4 is 0 Å². The molecule has 0 bridgehead atoms. The Morgan fingerprint density at radius 1 is 1.41 bits per heavy atom. The van der Waals surface area contributed by atoms with E-state index in [9.17, 15) is 0 Å². The van der Waals surface area contributed by atoms with E-state index in [0.29, 0.717) is 0 Å². The second-order valence-electron chi connectivity index (χ2n) is 5.44. The Morgan fingerprint density at radius 2 is 2.18 bits per heavy atom. The van der Waals surface area contributed by atoms with Crippen LogP contribution in [0.1, 0.15) is 40.5 Å². The second kappa shape index (κ2) is 6.60. The summed E-state index contributed by atoms with van der Waals surface area (Å²) < 4.78 is 5.76. The summed E-state index contributed by atoms with van der Waals surface area (Å²) in [5, 5.41) is 3.47. The molecule has 0 aromatic carbocycles. The van der Waals surface area contributed by atoms with Crippen molar-refractivity contribution < 1.29 is 4.74 Å². The molecule has 1 heterocycles. The average molecular weight is 236 g/mol. The maximum atomic E-state index is 5.76. The van der Waals surface area contributed by atoms with E-state index in [0.717, 1.165) is 25.1 Å². The summed E-state index contributed by atoms with van der Waals surface area (Å²) in [4.78, 5) is 4.03. The first-order valence-corrected chi connectivity index (χ1v) is 6.29. The highest BCUT2D eigenvalue weighted by Gasteiger charge is 2.08. The topological polar surface area (TPSA) is 34.1 Å². The van der Waals surface area contributed by atoms with Crippen LogP contribution in [0.2, 0.25) is 0 Å². The number of pyridine rings is 1. The van der Waals surface area contributed by atoms with Crippen molar-refractivity contribution in [1.29, 1.82) is 0 Å². The summed E-state index contributed by atoms with van der Waals surface area (Å²) in [6.45, 7) is 9.68. The predicted octanol–water partition coefficient (Wildman–Crippen LogP) is 3.02. The first kappa shape index (κ1) is 14.0. The van der Waals surface area contributed by atoms with Crippen LogP contribution in [0.25, 0.3) is 0 Å². The summed E-state index contributed by atoms with van der Waals surface area (Å²) in [5.41, 5.74) is 0.202. The monoisotopic (exact) mass is 236 g/mol. The SMILES string of the molecule is CC(CCCNC(C)(C)C)Oc1cccnc1. The van der Waals surface area contributed by atoms with Crippen molar-refractivity contribution in [2.45, 2.75) is 52.2 Å². The number of rotatable bonds is 6. The Balaban J connectivity index is 2.16. The molecule has 3 nitrogen and oxygen atoms in total. The van der Waals surface area contributed by atoms with Gasteiger partial charge in [-0.25, -0.2) is 0 Å². The van der Waals surface area contributed by atoms with Gasteiger partial charge in [-0.3, -0.25) is 4.98 Å². The van der Waals surface area contributed by atoms with E-state index in [2.05, 4.69) is 38.0 Å². The highest BCUT2D eigenvalue weighted by molar-refractivity contribution is 5.15. The van der Waals surface area contributed by atoms with Gasteiger partial charge in [0, 0.05) is 11.7 Å². The lowest BCUT2D eigenvalue weighted by atomic mass is 10.1. The largest absolute Gasteiger partial charge is 0.489 e. The van der Waals surface area contributed by atoms with Crippen molar-refractivity contribution in [2.24, 2.45) is 0 Å². The standard InChI is InChI=1S/C14H24N2O/c1-12(7-5-10-16-14(2,3)4)17-13-8-6-9-15-11-13/h6,8-9,11-12,16H,5,7,10H2,1-4H3. The van der Waals surface area contributed by atoms with Gasteiger partial charge in [-0.05, 0) is 59.2 Å². The first-order chi connectivity index (χ1) is 7.97. The molecule has 1 N–H and O–H groups in total. The van der Waals surface area contributed by atoms with Gasteiger partial charge in [-0.1, -0.05) is 0 Å². The smallest absolute Gasteiger partial charge is 0.137 e. The Hall–Kier alpha value is -1.09. The molecule has 3 heteroatoms. The lowest BCUT2D eigenvalue weighted by Crippen LogP contribution is -2.36. The van der Waals surface area contributed by atoms with Crippen LogP contribution in [0.15, 0.2) is 24.5 Å². The molecule has 1 aromatic rings. The summed E-state index contributed by atoms with van der Waals surface area (Å²) in [7, 11) is 0. The van der Waals surface area contributed by atoms with E-state index < -0.39 is 0 Å². The fraction of sp³-hybridized carbons (Fsp3) is 0.643. The summed E-state index contributed by atoms with van der Waals surface area (Å²) in [6.07, 6.45) is 5.92. The Labute approximate surface area is 105 Å². The lowest BCUT2D eigenvalue weighted by molar-refractivity contribution is 0.205. The number of hydrogen-bond acceptors (Lipinski definition) is 3. The van der Waals surface area contributed by atoms with Crippen LogP contribution in [0.3, 0.4) is 0 Å². The van der Waals surface area contributed by atoms with Gasteiger partial charge >= 0.3 is 0 Å². The molecule has 0 radical (unpaired) electrons. The Morgan fingerprint density at radius 3 is 2.76 bits per heavy atom. The Kier molecular flexibility index (Phi) is 5.42. The first-order valence-electron chi connectivity index (χ1n) is 6.29. The second-order valence-corrected chi connectivity index (χ2v) is 5.44. The van der Waals surface area contributed by atoms with Crippen molar-refractivity contribution in [3.8, 4) is 5.75 Å². The van der Waals surface area contributed by atoms with Gasteiger partial charge in [-0.2, -0.15) is 0 Å². The van der Waals surface area contributed by atoms with Crippen LogP contribution in [-0.2, 0) is 0 Å². The molecule has 1 unspecified atom stereocenters. The van der Waals surface area contributed by atoms with Gasteiger partial charge in [0.1, 0.15) is 5.75 Å². The van der Waals surface area contributed by atoms with Crippen LogP contribution in [-0.4, -0.2) is 23.2 Å². The highest BCUT2D eigenvalue weighted by atomic mass is 16.5. The molecular formula is C14H24N2O. The van der Waals surface area contributed by atoms with E-state index in [-0.39, 0.29) is 11.6 Å². The van der Waals surface area contributed by atoms with Gasteiger partial charge in [0.05, 0.1) is 12.3 Å². The van der Waals surface area contributed by atoms with Crippen LogP contribution >= 0.6 is 0 Å². The van der Waals surface area contributed by atoms with Crippen molar-refractivity contribution in [1.82, 2.24) is 10.3 Å². The van der Waals surface area contributed by atoms with Crippen LogP contribution < -0.4 is 10.1 Å². The maximum Gasteiger partial charge on any atom is 0.137 e. The molecule has 1 atom stereocenters. The number of ether oxygens (including phenoxy) is 1. The molecule has 0 saturated carbocycles. The van der Waals surface area contributed by atoms with E-state index >= 15 is 0 Å². The number of hydrogen-bond donors (Lipinski definition) is 1. The number of nitrogens with zero attached hydrogens (tertiary/aromatic N) is 1. The van der Waals surface area contributed by atoms with E-state index in [1.54, 1.807) is 12.4 Å². The summed E-state index contributed by atoms with van der Waals surface area (Å²) in [5.74, 6) is 0.851. The minimum absolute atomic E-state index is 0.202. The zero-order valence-corrected chi connectivity index (χ0v) is 11.4. The number of aromatic nitrogens is 1. The summed E-state index contributed by atoms with van der Waals surface area (Å²) >= 11 is 0. The molecule has 0 amide bonds. The van der Waals surface area contributed by atoms with E-state index in [1.807, 2.05) is 12.1 Å². The molecule has 1 aromatic heterocycles. The molecule has 0 spiro atoms. The third kappa shape index (κ3) is 6.95. The van der Waals surface area contributed by atoms with Gasteiger partial charge < -0.3 is 10.1 Å². The van der Waals surface area contributed by atoms with Gasteiger partial charge in [0.15, 0.2) is 0 Å². The predicted molar refractivity (Wildman–Crippen MR) is 71.3 cm³/mol. The minimum Gasteiger partial charge on any atom is -0.489 e. The van der Waals surface area contributed by atoms with Crippen molar-refractivity contribution in [3.05, 3.63) is 24.5 Å².